The molecule has 0 aromatic carbocycles. The number of nitrogens with zero attached hydrogens (tertiary/aromatic N) is 2. The van der Waals surface area contributed by atoms with Crippen LogP contribution in [0.1, 0.15) is 149 Å². The third-order valence-electron chi connectivity index (χ3n) is 18.5. The number of hydrogen-bond donors (Lipinski definition) is 9. The first kappa shape index (κ1) is 70.3. The normalized spacial score (nSPS) is 48.4. The van der Waals surface area contributed by atoms with E-state index in [0.717, 1.165) is 0 Å². The van der Waals surface area contributed by atoms with Crippen molar-refractivity contribution in [1.29, 1.82) is 0 Å². The van der Waals surface area contributed by atoms with Crippen molar-refractivity contribution in [3.63, 3.8) is 0 Å². The molecule has 4 rings (SSSR count). The van der Waals surface area contributed by atoms with Crippen LogP contribution in [0, 0.1) is 59.2 Å². The number of carbonyl (C=O) groups excluding carboxylic acids is 3. The SMILES string of the molecule is CC[C@H]1OC(=O)[C@H](C)[C@@H](O[C@H]2CC(N(C)C)[C@H](O)C(C)O2)[C@H](C)[C@@H](O)[C@](C)(O)C[C@@H](C)C(=O)[C@H](C)[C@@H](O)[C@H]1C.CC[C@H]1OC(=O)[C@H](C)[C@@H](O[C@H]2CC(N(C)C)[C@H](O)C(C)O2)[C@H](C)[C@@H](O)[C@](C)(O)C[C@@H](C)C(O)[C@H](C)[C@@H](O)[C@H]1C. The third kappa shape index (κ3) is 17.1. The molecule has 458 valence electrons. The number of hydrogen-bond acceptors (Lipinski definition) is 20. The van der Waals surface area contributed by atoms with Crippen LogP contribution in [0.2, 0.25) is 0 Å². The number of aliphatic hydroxyl groups excluding tert-OH is 7. The summed E-state index contributed by atoms with van der Waals surface area (Å²) in [7, 11) is 7.45. The second-order valence-electron chi connectivity index (χ2n) is 25.5. The van der Waals surface area contributed by atoms with Crippen LogP contribution in [-0.2, 0) is 42.8 Å². The summed E-state index contributed by atoms with van der Waals surface area (Å²) in [6.07, 6.45) is -11.1. The molecule has 0 aromatic rings. The van der Waals surface area contributed by atoms with Crippen molar-refractivity contribution in [2.75, 3.05) is 28.2 Å². The summed E-state index contributed by atoms with van der Waals surface area (Å²) in [5.74, 6) is -7.82. The van der Waals surface area contributed by atoms with Crippen molar-refractivity contribution in [3.05, 3.63) is 0 Å². The van der Waals surface area contributed by atoms with Gasteiger partial charge in [0.2, 0.25) is 0 Å². The van der Waals surface area contributed by atoms with Crippen LogP contribution in [0.3, 0.4) is 0 Å². The fourth-order valence-corrected chi connectivity index (χ4v) is 12.8. The summed E-state index contributed by atoms with van der Waals surface area (Å²) >= 11 is 0. The van der Waals surface area contributed by atoms with Gasteiger partial charge in [-0.25, -0.2) is 0 Å². The molecule has 5 unspecified atom stereocenters. The van der Waals surface area contributed by atoms with E-state index in [2.05, 4.69) is 0 Å². The van der Waals surface area contributed by atoms with Gasteiger partial charge < -0.3 is 84.2 Å². The summed E-state index contributed by atoms with van der Waals surface area (Å²) < 4.78 is 36.5. The lowest BCUT2D eigenvalue weighted by molar-refractivity contribution is -0.269. The van der Waals surface area contributed by atoms with Gasteiger partial charge in [0.1, 0.15) is 18.0 Å². The molecule has 20 heteroatoms. The molecule has 0 aliphatic carbocycles. The Morgan fingerprint density at radius 2 is 0.859 bits per heavy atom. The van der Waals surface area contributed by atoms with E-state index in [1.54, 1.807) is 83.1 Å². The van der Waals surface area contributed by atoms with Crippen molar-refractivity contribution < 1.29 is 88.8 Å². The van der Waals surface area contributed by atoms with Crippen LogP contribution in [-0.4, -0.2) is 217 Å². The number of ketones is 1. The first-order valence-electron chi connectivity index (χ1n) is 29.0. The van der Waals surface area contributed by atoms with Crippen LogP contribution in [0.5, 0.6) is 0 Å². The maximum atomic E-state index is 13.5. The molecule has 0 amide bonds. The first-order valence-corrected chi connectivity index (χ1v) is 29.0. The minimum absolute atomic E-state index is 0.0304. The largest absolute Gasteiger partial charge is 0.462 e. The molecule has 0 aromatic heterocycles. The lowest BCUT2D eigenvalue weighted by atomic mass is 9.74. The Balaban J connectivity index is 0.000000410. The predicted molar refractivity (Wildman–Crippen MR) is 292 cm³/mol. The van der Waals surface area contributed by atoms with Crippen LogP contribution >= 0.6 is 0 Å². The topological polar surface area (TPSA) is 295 Å². The van der Waals surface area contributed by atoms with Gasteiger partial charge in [0, 0.05) is 66.4 Å². The van der Waals surface area contributed by atoms with Crippen LogP contribution < -0.4 is 0 Å². The molecule has 4 fully saturated rings. The molecule has 78 heavy (non-hydrogen) atoms. The average Bonchev–Trinajstić information content (AvgIpc) is 3.37. The molecule has 4 aliphatic rings. The average molecular weight is 1120 g/mol. The van der Waals surface area contributed by atoms with Crippen molar-refractivity contribution in [2.45, 2.75) is 265 Å². The first-order chi connectivity index (χ1) is 35.9. The highest BCUT2D eigenvalue weighted by Gasteiger charge is 2.50. The number of likely N-dealkylation sites (N-methyl/N-ethyl adjacent to an activating group) is 2. The molecule has 20 nitrogen and oxygen atoms in total. The van der Waals surface area contributed by atoms with Crippen molar-refractivity contribution in [2.24, 2.45) is 59.2 Å². The summed E-state index contributed by atoms with van der Waals surface area (Å²) in [5.41, 5.74) is -3.31. The molecule has 4 saturated heterocycles. The zero-order valence-corrected chi connectivity index (χ0v) is 50.9. The maximum Gasteiger partial charge on any atom is 0.311 e. The summed E-state index contributed by atoms with van der Waals surface area (Å²) in [5, 5.41) is 99.9. The number of esters is 2. The van der Waals surface area contributed by atoms with Gasteiger partial charge in [-0.05, 0) is 101 Å². The summed E-state index contributed by atoms with van der Waals surface area (Å²) in [6.45, 7) is 27.4. The number of Topliss-reactive ketones (excluding diaryl/α,β-unsaturated/α-hetero) is 1. The second-order valence-corrected chi connectivity index (χ2v) is 25.5. The van der Waals surface area contributed by atoms with Gasteiger partial charge in [-0.2, -0.15) is 0 Å². The standard InChI is InChI=1S/C29H55NO9.C29H53NO9/c2*1-11-21-15(3)24(32)16(4)23(31)14(2)13-29(8,36)27(34)17(5)26(18(6)28(35)38-21)39-22-12-20(30(9)10)25(33)19(7)37-22/h14-27,31-34,36H,11-13H2,1-10H3;14-22,24-27,32-34,36H,11-13H2,1-10H3/t14-,15+,16+,17+,18-,19?,20?,21-,22+,23?,24+,25-,26+,27-,29-;14-,15+,16+,17+,18-,19?,20?,21-,22+,24+,25-,26+,27-,29-/m11/s1. The van der Waals surface area contributed by atoms with Gasteiger partial charge in [0.05, 0.1) is 90.2 Å². The van der Waals surface area contributed by atoms with Gasteiger partial charge in [-0.15, -0.1) is 0 Å². The highest BCUT2D eigenvalue weighted by atomic mass is 16.7. The van der Waals surface area contributed by atoms with Crippen molar-refractivity contribution >= 4 is 17.7 Å². The van der Waals surface area contributed by atoms with Crippen molar-refractivity contribution in [3.8, 4) is 0 Å². The lowest BCUT2D eigenvalue weighted by Crippen LogP contribution is -2.56. The lowest BCUT2D eigenvalue weighted by Gasteiger charge is -2.45. The molecular formula is C58H108N2O18. The monoisotopic (exact) mass is 1120 g/mol. The highest BCUT2D eigenvalue weighted by Crippen LogP contribution is 2.39. The molecule has 29 atom stereocenters. The fourth-order valence-electron chi connectivity index (χ4n) is 12.8. The predicted octanol–water partition coefficient (Wildman–Crippen LogP) is 3.28. The fraction of sp³-hybridized carbons (Fsp3) is 0.948. The van der Waals surface area contributed by atoms with E-state index in [1.807, 2.05) is 51.8 Å². The number of ether oxygens (including phenoxy) is 6. The van der Waals surface area contributed by atoms with E-state index in [4.69, 9.17) is 28.4 Å². The maximum absolute atomic E-state index is 13.5. The summed E-state index contributed by atoms with van der Waals surface area (Å²) in [6, 6.07) is -0.484. The van der Waals surface area contributed by atoms with E-state index in [-0.39, 0.29) is 30.7 Å². The van der Waals surface area contributed by atoms with Gasteiger partial charge in [0.15, 0.2) is 12.6 Å². The Kier molecular flexibility index (Phi) is 26.6. The van der Waals surface area contributed by atoms with Gasteiger partial charge in [-0.1, -0.05) is 69.2 Å². The Labute approximate surface area is 466 Å². The molecule has 4 aliphatic heterocycles. The van der Waals surface area contributed by atoms with Crippen LogP contribution in [0.4, 0.5) is 0 Å². The number of carbonyl (C=O) groups is 3. The van der Waals surface area contributed by atoms with Gasteiger partial charge >= 0.3 is 11.9 Å². The molecule has 0 bridgehead atoms. The quantitative estimate of drug-likeness (QED) is 0.158. The number of cyclic esters (lactones) is 2. The zero-order valence-electron chi connectivity index (χ0n) is 50.9. The Morgan fingerprint density at radius 3 is 1.22 bits per heavy atom. The third-order valence-corrected chi connectivity index (χ3v) is 18.5. The summed E-state index contributed by atoms with van der Waals surface area (Å²) in [4.78, 5) is 44.0. The number of rotatable bonds is 8. The van der Waals surface area contributed by atoms with Crippen LogP contribution in [0.25, 0.3) is 0 Å². The van der Waals surface area contributed by atoms with Gasteiger partial charge in [0.25, 0.3) is 0 Å². The van der Waals surface area contributed by atoms with E-state index in [9.17, 15) is 60.3 Å². The Morgan fingerprint density at radius 1 is 0.500 bits per heavy atom. The molecule has 0 spiro atoms. The van der Waals surface area contributed by atoms with Crippen molar-refractivity contribution in [1.82, 2.24) is 9.80 Å². The van der Waals surface area contributed by atoms with Crippen LogP contribution in [0.15, 0.2) is 0 Å². The minimum atomic E-state index is -1.69. The zero-order chi connectivity index (χ0) is 60.0. The molecule has 0 saturated carbocycles. The second kappa shape index (κ2) is 29.5. The molecule has 0 radical (unpaired) electrons. The highest BCUT2D eigenvalue weighted by molar-refractivity contribution is 5.83. The number of aliphatic hydroxyl groups is 9. The smallest absolute Gasteiger partial charge is 0.311 e. The molecule has 9 N–H and O–H groups in total. The van der Waals surface area contributed by atoms with E-state index in [1.165, 1.54) is 13.8 Å². The van der Waals surface area contributed by atoms with E-state index in [0.29, 0.717) is 25.7 Å². The Bertz CT molecular complexity index is 1860. The van der Waals surface area contributed by atoms with E-state index >= 15 is 0 Å². The molecular weight excluding hydrogens is 1010 g/mol. The Hall–Kier alpha value is -1.99. The minimum Gasteiger partial charge on any atom is -0.462 e. The van der Waals surface area contributed by atoms with E-state index < -0.39 is 174 Å². The molecule has 4 heterocycles. The van der Waals surface area contributed by atoms with Gasteiger partial charge in [-0.3, -0.25) is 14.4 Å².